The summed E-state index contributed by atoms with van der Waals surface area (Å²) in [6, 6.07) is 35.5. The first-order valence-electron chi connectivity index (χ1n) is 13.3. The fourth-order valence-corrected chi connectivity index (χ4v) is 5.96. The number of pyridine rings is 1. The molecule has 0 aliphatic carbocycles. The summed E-state index contributed by atoms with van der Waals surface area (Å²) in [5.74, 6) is -0.348. The molecule has 0 saturated heterocycles. The Morgan fingerprint density at radius 1 is 0.683 bits per heavy atom. The molecule has 1 heterocycles. The molecule has 0 saturated carbocycles. The normalized spacial score (nSPS) is 11.4. The SMILES string of the molecule is CCOC(=O)c1ccc(-c2ccc(CN(Cc3cccnc3)S(=O)(=O)c3ccc(-c4ccccc4)cc3)cc2)cc1. The fraction of sp³-hybridized carbons (Fsp3) is 0.118. The van der Waals surface area contributed by atoms with Crippen molar-refractivity contribution in [2.75, 3.05) is 6.61 Å². The summed E-state index contributed by atoms with van der Waals surface area (Å²) in [5.41, 5.74) is 6.04. The summed E-state index contributed by atoms with van der Waals surface area (Å²) >= 11 is 0. The molecule has 0 radical (unpaired) electrons. The Balaban J connectivity index is 1.38. The zero-order valence-corrected chi connectivity index (χ0v) is 23.5. The van der Waals surface area contributed by atoms with Crippen molar-refractivity contribution in [2.45, 2.75) is 24.9 Å². The minimum atomic E-state index is -3.81. The Morgan fingerprint density at radius 3 is 1.83 bits per heavy atom. The maximum atomic E-state index is 13.9. The lowest BCUT2D eigenvalue weighted by Crippen LogP contribution is -2.30. The quantitative estimate of drug-likeness (QED) is 0.172. The molecule has 1 aromatic heterocycles. The van der Waals surface area contributed by atoms with E-state index in [1.807, 2.05) is 84.9 Å². The Labute approximate surface area is 240 Å². The molecule has 0 amide bonds. The lowest BCUT2D eigenvalue weighted by atomic mass is 10.0. The third-order valence-electron chi connectivity index (χ3n) is 6.72. The Bertz CT molecular complexity index is 1690. The van der Waals surface area contributed by atoms with Crippen molar-refractivity contribution in [3.63, 3.8) is 0 Å². The molecular weight excluding hydrogens is 532 g/mol. The summed E-state index contributed by atoms with van der Waals surface area (Å²) in [6.07, 6.45) is 3.35. The number of esters is 1. The molecule has 0 N–H and O–H groups in total. The van der Waals surface area contributed by atoms with E-state index >= 15 is 0 Å². The molecule has 0 aliphatic rings. The number of benzene rings is 4. The highest BCUT2D eigenvalue weighted by atomic mass is 32.2. The van der Waals surface area contributed by atoms with Crippen molar-refractivity contribution >= 4 is 16.0 Å². The molecule has 6 nitrogen and oxygen atoms in total. The standard InChI is InChI=1S/C34H30N2O4S/c1-2-40-34(37)32-16-14-30(15-17-32)29-12-10-26(11-13-29)24-36(25-27-7-6-22-35-23-27)41(38,39)33-20-18-31(19-21-33)28-8-4-3-5-9-28/h3-23H,2,24-25H2,1H3. The van der Waals surface area contributed by atoms with Gasteiger partial charge in [0.15, 0.2) is 0 Å². The van der Waals surface area contributed by atoms with Crippen LogP contribution in [0.4, 0.5) is 0 Å². The van der Waals surface area contributed by atoms with Gasteiger partial charge in [0.2, 0.25) is 10.0 Å². The van der Waals surface area contributed by atoms with E-state index in [2.05, 4.69) is 4.98 Å². The van der Waals surface area contributed by atoms with E-state index in [0.717, 1.165) is 33.4 Å². The molecule has 7 heteroatoms. The zero-order chi connectivity index (χ0) is 28.7. The van der Waals surface area contributed by atoms with Crippen LogP contribution in [0.3, 0.4) is 0 Å². The summed E-state index contributed by atoms with van der Waals surface area (Å²) in [6.45, 7) is 2.49. The lowest BCUT2D eigenvalue weighted by molar-refractivity contribution is 0.0526. The third kappa shape index (κ3) is 6.77. The second-order valence-electron chi connectivity index (χ2n) is 9.52. The number of hydrogen-bond acceptors (Lipinski definition) is 5. The highest BCUT2D eigenvalue weighted by Crippen LogP contribution is 2.26. The summed E-state index contributed by atoms with van der Waals surface area (Å²) in [4.78, 5) is 16.4. The number of sulfonamides is 1. The van der Waals surface area contributed by atoms with E-state index in [-0.39, 0.29) is 24.0 Å². The summed E-state index contributed by atoms with van der Waals surface area (Å²) in [5, 5.41) is 0. The smallest absolute Gasteiger partial charge is 0.338 e. The lowest BCUT2D eigenvalue weighted by Gasteiger charge is -2.23. The van der Waals surface area contributed by atoms with Gasteiger partial charge in [0.1, 0.15) is 0 Å². The van der Waals surface area contributed by atoms with Crippen molar-refractivity contribution < 1.29 is 17.9 Å². The fourth-order valence-electron chi connectivity index (χ4n) is 4.54. The van der Waals surface area contributed by atoms with Gasteiger partial charge in [0.25, 0.3) is 0 Å². The van der Waals surface area contributed by atoms with Gasteiger partial charge < -0.3 is 4.74 Å². The molecule has 0 bridgehead atoms. The second-order valence-corrected chi connectivity index (χ2v) is 11.5. The van der Waals surface area contributed by atoms with Gasteiger partial charge in [-0.05, 0) is 70.6 Å². The van der Waals surface area contributed by atoms with Gasteiger partial charge in [-0.25, -0.2) is 13.2 Å². The van der Waals surface area contributed by atoms with Crippen LogP contribution in [0.2, 0.25) is 0 Å². The second kappa shape index (κ2) is 12.7. The number of nitrogens with zero attached hydrogens (tertiary/aromatic N) is 2. The van der Waals surface area contributed by atoms with Gasteiger partial charge in [-0.1, -0.05) is 84.9 Å². The van der Waals surface area contributed by atoms with Crippen LogP contribution in [0.1, 0.15) is 28.4 Å². The van der Waals surface area contributed by atoms with Crippen molar-refractivity contribution in [2.24, 2.45) is 0 Å². The first kappa shape index (κ1) is 28.0. The highest BCUT2D eigenvalue weighted by molar-refractivity contribution is 7.89. The van der Waals surface area contributed by atoms with Gasteiger partial charge in [-0.3, -0.25) is 4.98 Å². The molecule has 0 atom stereocenters. The van der Waals surface area contributed by atoms with Gasteiger partial charge in [-0.15, -0.1) is 0 Å². The average Bonchev–Trinajstić information content (AvgIpc) is 3.02. The first-order chi connectivity index (χ1) is 19.9. The van der Waals surface area contributed by atoms with Crippen molar-refractivity contribution in [3.8, 4) is 22.3 Å². The van der Waals surface area contributed by atoms with Crippen molar-refractivity contribution in [1.82, 2.24) is 9.29 Å². The minimum Gasteiger partial charge on any atom is -0.462 e. The minimum absolute atomic E-state index is 0.188. The number of aromatic nitrogens is 1. The molecule has 4 aromatic carbocycles. The van der Waals surface area contributed by atoms with E-state index in [1.54, 1.807) is 49.6 Å². The maximum Gasteiger partial charge on any atom is 0.338 e. The van der Waals surface area contributed by atoms with E-state index in [4.69, 9.17) is 4.74 Å². The number of ether oxygens (including phenoxy) is 1. The number of hydrogen-bond donors (Lipinski definition) is 0. The van der Waals surface area contributed by atoms with Crippen molar-refractivity contribution in [3.05, 3.63) is 144 Å². The zero-order valence-electron chi connectivity index (χ0n) is 22.7. The van der Waals surface area contributed by atoms with Crippen LogP contribution in [0, 0.1) is 0 Å². The molecule has 5 rings (SSSR count). The van der Waals surface area contributed by atoms with Crippen LogP contribution >= 0.6 is 0 Å². The molecule has 5 aromatic rings. The largest absolute Gasteiger partial charge is 0.462 e. The van der Waals surface area contributed by atoms with Gasteiger partial charge in [0, 0.05) is 25.5 Å². The van der Waals surface area contributed by atoms with Crippen LogP contribution in [0.15, 0.2) is 133 Å². The maximum absolute atomic E-state index is 13.9. The van der Waals surface area contributed by atoms with E-state index in [9.17, 15) is 13.2 Å². The molecule has 41 heavy (non-hydrogen) atoms. The average molecular weight is 563 g/mol. The van der Waals surface area contributed by atoms with E-state index < -0.39 is 10.0 Å². The number of carbonyl (C=O) groups excluding carboxylic acids is 1. The van der Waals surface area contributed by atoms with Gasteiger partial charge in [-0.2, -0.15) is 4.31 Å². The summed E-state index contributed by atoms with van der Waals surface area (Å²) < 4.78 is 34.3. The number of rotatable bonds is 10. The highest BCUT2D eigenvalue weighted by Gasteiger charge is 2.25. The Hall–Kier alpha value is -4.59. The van der Waals surface area contributed by atoms with E-state index in [0.29, 0.717) is 12.2 Å². The summed E-state index contributed by atoms with van der Waals surface area (Å²) in [7, 11) is -3.81. The molecule has 0 spiro atoms. The monoisotopic (exact) mass is 562 g/mol. The van der Waals surface area contributed by atoms with Crippen molar-refractivity contribution in [1.29, 1.82) is 0 Å². The predicted octanol–water partition coefficient (Wildman–Crippen LogP) is 6.98. The van der Waals surface area contributed by atoms with Gasteiger partial charge in [0.05, 0.1) is 17.1 Å². The Kier molecular flexibility index (Phi) is 8.67. The molecule has 0 fully saturated rings. The molecular formula is C34H30N2O4S. The van der Waals surface area contributed by atoms with Crippen LogP contribution in [-0.4, -0.2) is 30.3 Å². The number of carbonyl (C=O) groups is 1. The molecule has 0 aliphatic heterocycles. The van der Waals surface area contributed by atoms with Gasteiger partial charge >= 0.3 is 5.97 Å². The Morgan fingerprint density at radius 2 is 1.24 bits per heavy atom. The van der Waals surface area contributed by atoms with E-state index in [1.165, 1.54) is 4.31 Å². The van der Waals surface area contributed by atoms with Crippen LogP contribution < -0.4 is 0 Å². The molecule has 206 valence electrons. The first-order valence-corrected chi connectivity index (χ1v) is 14.8. The van der Waals surface area contributed by atoms with Crippen LogP contribution in [0.25, 0.3) is 22.3 Å². The van der Waals surface area contributed by atoms with Crippen LogP contribution in [-0.2, 0) is 27.8 Å². The third-order valence-corrected chi connectivity index (χ3v) is 8.53. The topological polar surface area (TPSA) is 76.6 Å². The molecule has 0 unspecified atom stereocenters. The van der Waals surface area contributed by atoms with Crippen LogP contribution in [0.5, 0.6) is 0 Å². The predicted molar refractivity (Wildman–Crippen MR) is 160 cm³/mol.